The van der Waals surface area contributed by atoms with Gasteiger partial charge in [-0.25, -0.2) is 4.99 Å². The summed E-state index contributed by atoms with van der Waals surface area (Å²) in [6.45, 7) is 16.5. The molecule has 0 fully saturated rings. The number of imide groups is 1. The number of nitrogens with zero attached hydrogens (tertiary/aromatic N) is 4. The number of hydrogen-bond acceptors (Lipinski definition) is 10. The van der Waals surface area contributed by atoms with E-state index < -0.39 is 11.8 Å². The highest BCUT2D eigenvalue weighted by molar-refractivity contribution is 6.46. The number of carbonyl (C=O) groups is 3. The van der Waals surface area contributed by atoms with Gasteiger partial charge in [-0.2, -0.15) is 0 Å². The SMILES string of the molecule is CCON/C(C)=C1\C2=NC(=C1C)C=C1N=C(C3=c4[nH]c(c(C)c4C(=O)N(OCC)C3=O)=CC3=NC(=C2)[C@H](C)[C@H]3CC)[C@@H](CCC(=O)OC)[C@@H]1C. The fourth-order valence-electron chi connectivity index (χ4n) is 7.66. The minimum absolute atomic E-state index is 0.106. The lowest BCUT2D eigenvalue weighted by atomic mass is 9.82. The first-order valence-electron chi connectivity index (χ1n) is 17.5. The average molecular weight is 683 g/mol. The van der Waals surface area contributed by atoms with Gasteiger partial charge in [-0.15, -0.1) is 5.06 Å². The quantitative estimate of drug-likeness (QED) is 0.225. The van der Waals surface area contributed by atoms with Crippen molar-refractivity contribution in [2.45, 2.75) is 74.7 Å². The fourth-order valence-corrected chi connectivity index (χ4v) is 7.66. The number of carbonyl (C=O) groups excluding carboxylic acids is 3. The van der Waals surface area contributed by atoms with Crippen molar-refractivity contribution in [1.29, 1.82) is 0 Å². The highest BCUT2D eigenvalue weighted by Crippen LogP contribution is 2.41. The van der Waals surface area contributed by atoms with E-state index in [9.17, 15) is 14.4 Å². The molecule has 264 valence electrons. The Morgan fingerprint density at radius 2 is 1.68 bits per heavy atom. The van der Waals surface area contributed by atoms with Crippen molar-refractivity contribution in [3.8, 4) is 0 Å². The third kappa shape index (κ3) is 5.83. The number of aromatic nitrogens is 1. The van der Waals surface area contributed by atoms with E-state index in [1.807, 2.05) is 46.8 Å². The molecule has 0 aromatic carbocycles. The van der Waals surface area contributed by atoms with Gasteiger partial charge in [0.25, 0.3) is 11.8 Å². The van der Waals surface area contributed by atoms with Crippen LogP contribution in [0.1, 0.15) is 83.7 Å². The van der Waals surface area contributed by atoms with Gasteiger partial charge in [0.1, 0.15) is 0 Å². The number of rotatable bonds is 9. The van der Waals surface area contributed by atoms with Gasteiger partial charge < -0.3 is 9.72 Å². The van der Waals surface area contributed by atoms with E-state index in [2.05, 4.69) is 30.4 Å². The number of allylic oxidation sites excluding steroid dienone is 7. The monoisotopic (exact) mass is 682 g/mol. The Morgan fingerprint density at radius 1 is 0.960 bits per heavy atom. The molecular weight excluding hydrogens is 636 g/mol. The molecule has 0 spiro atoms. The molecular formula is C38H46N6O6. The molecule has 0 aliphatic carbocycles. The molecule has 50 heavy (non-hydrogen) atoms. The lowest BCUT2D eigenvalue weighted by Gasteiger charge is -2.26. The summed E-state index contributed by atoms with van der Waals surface area (Å²) in [5, 5.41) is 1.93. The van der Waals surface area contributed by atoms with E-state index >= 15 is 0 Å². The minimum Gasteiger partial charge on any atom is -0.469 e. The number of hydroxylamine groups is 3. The molecule has 2 N–H and O–H groups in total. The zero-order valence-electron chi connectivity index (χ0n) is 30.3. The number of amides is 2. The Morgan fingerprint density at radius 3 is 2.36 bits per heavy atom. The summed E-state index contributed by atoms with van der Waals surface area (Å²) in [6, 6.07) is 0. The van der Waals surface area contributed by atoms with Crippen molar-refractivity contribution in [1.82, 2.24) is 15.5 Å². The standard InChI is InChI=1S/C38H46N6O6/c1-10-23-18(4)25-17-30-32(22(8)43-49-11-2)20(6)27(40-30)15-26-19(5)24(13-14-31(45)48-9)35(41-26)34-36-33(37(46)44(38(34)47)50-12-3)21(7)28(42-36)16-29(23)39-25/h15-19,23-24,42-43H,10-14H2,1-9H3/b25-17?,26-15?,28-16?,32-22-/t18-,19+,23-,24+/m1/s1. The predicted molar refractivity (Wildman–Crippen MR) is 191 cm³/mol. The van der Waals surface area contributed by atoms with Crippen LogP contribution in [0, 0.1) is 30.6 Å². The molecule has 0 unspecified atom stereocenters. The first-order chi connectivity index (χ1) is 23.9. The van der Waals surface area contributed by atoms with Gasteiger partial charge in [0.2, 0.25) is 0 Å². The van der Waals surface area contributed by atoms with Crippen molar-refractivity contribution in [2.24, 2.45) is 38.6 Å². The highest BCUT2D eigenvalue weighted by atomic mass is 16.7. The summed E-state index contributed by atoms with van der Waals surface area (Å²) >= 11 is 0. The van der Waals surface area contributed by atoms with E-state index in [1.165, 1.54) is 7.11 Å². The van der Waals surface area contributed by atoms with Gasteiger partial charge in [0.15, 0.2) is 0 Å². The fraction of sp³-hybridized carbons (Fsp3) is 0.474. The molecule has 0 saturated heterocycles. The molecule has 6 heterocycles. The zero-order valence-corrected chi connectivity index (χ0v) is 30.3. The lowest BCUT2D eigenvalue weighted by Crippen LogP contribution is -2.48. The van der Waals surface area contributed by atoms with Gasteiger partial charge in [-0.3, -0.25) is 39.5 Å². The molecule has 1 aromatic heterocycles. The van der Waals surface area contributed by atoms with Crippen LogP contribution in [0.5, 0.6) is 0 Å². The summed E-state index contributed by atoms with van der Waals surface area (Å²) in [6.07, 6.45) is 7.39. The first kappa shape index (κ1) is 35.2. The summed E-state index contributed by atoms with van der Waals surface area (Å²) in [5.74, 6) is -1.81. The van der Waals surface area contributed by atoms with Crippen LogP contribution >= 0.6 is 0 Å². The molecule has 5 aliphatic heterocycles. The number of methoxy groups -OCH3 is 1. The molecule has 6 rings (SSSR count). The maximum Gasteiger partial charge on any atom is 0.305 e. The molecule has 0 saturated carbocycles. The minimum atomic E-state index is -0.601. The van der Waals surface area contributed by atoms with E-state index in [1.54, 1.807) is 6.92 Å². The number of ether oxygens (including phenoxy) is 1. The van der Waals surface area contributed by atoms with Crippen LogP contribution in [0.25, 0.3) is 11.6 Å². The van der Waals surface area contributed by atoms with Gasteiger partial charge >= 0.3 is 5.97 Å². The number of nitrogens with one attached hydrogen (secondary N) is 2. The number of fused-ring (bicyclic) bond motifs is 5. The summed E-state index contributed by atoms with van der Waals surface area (Å²) in [7, 11) is 1.36. The van der Waals surface area contributed by atoms with E-state index in [4.69, 9.17) is 29.4 Å². The zero-order chi connectivity index (χ0) is 36.0. The summed E-state index contributed by atoms with van der Waals surface area (Å²) in [4.78, 5) is 70.8. The molecule has 5 aliphatic rings. The van der Waals surface area contributed by atoms with Crippen molar-refractivity contribution >= 4 is 46.6 Å². The van der Waals surface area contributed by atoms with Gasteiger partial charge in [0.05, 0.1) is 53.9 Å². The molecule has 4 atom stereocenters. The number of H-pyrrole nitrogens is 1. The second-order valence-electron chi connectivity index (χ2n) is 13.3. The maximum absolute atomic E-state index is 14.3. The molecule has 12 heteroatoms. The average Bonchev–Trinajstić information content (AvgIpc) is 3.77. The van der Waals surface area contributed by atoms with Crippen molar-refractivity contribution in [3.63, 3.8) is 0 Å². The third-order valence-electron chi connectivity index (χ3n) is 10.4. The van der Waals surface area contributed by atoms with Crippen LogP contribution in [-0.4, -0.2) is 65.3 Å². The normalized spacial score (nSPS) is 25.3. The van der Waals surface area contributed by atoms with Gasteiger partial charge in [0, 0.05) is 63.8 Å². The lowest BCUT2D eigenvalue weighted by molar-refractivity contribution is -0.162. The van der Waals surface area contributed by atoms with Crippen molar-refractivity contribution in [3.05, 3.63) is 67.9 Å². The summed E-state index contributed by atoms with van der Waals surface area (Å²) < 4.78 is 4.99. The molecule has 8 bridgehead atoms. The van der Waals surface area contributed by atoms with Crippen LogP contribution in [-0.2, 0) is 24.0 Å². The van der Waals surface area contributed by atoms with Crippen LogP contribution in [0.4, 0.5) is 0 Å². The Hall–Kier alpha value is -4.68. The largest absolute Gasteiger partial charge is 0.469 e. The second kappa shape index (κ2) is 13.9. The predicted octanol–water partition coefficient (Wildman–Crippen LogP) is 4.29. The maximum atomic E-state index is 14.3. The Labute approximate surface area is 292 Å². The Balaban J connectivity index is 1.70. The van der Waals surface area contributed by atoms with Gasteiger partial charge in [-0.05, 0) is 76.8 Å². The number of esters is 1. The van der Waals surface area contributed by atoms with Crippen LogP contribution < -0.4 is 16.2 Å². The highest BCUT2D eigenvalue weighted by Gasteiger charge is 2.44. The van der Waals surface area contributed by atoms with Gasteiger partial charge in [-0.1, -0.05) is 20.8 Å². The van der Waals surface area contributed by atoms with Crippen LogP contribution in [0.2, 0.25) is 0 Å². The van der Waals surface area contributed by atoms with Crippen molar-refractivity contribution in [2.75, 3.05) is 20.3 Å². The Bertz CT molecular complexity index is 2020. The smallest absolute Gasteiger partial charge is 0.305 e. The first-order valence-corrected chi connectivity index (χ1v) is 17.5. The van der Waals surface area contributed by atoms with Crippen LogP contribution in [0.15, 0.2) is 61.1 Å². The van der Waals surface area contributed by atoms with E-state index in [0.717, 1.165) is 51.1 Å². The number of aliphatic imine (C=N–C) groups is 3. The summed E-state index contributed by atoms with van der Waals surface area (Å²) in [5.41, 5.74) is 11.5. The molecule has 12 nitrogen and oxygen atoms in total. The molecule has 1 aromatic rings. The Kier molecular flexibility index (Phi) is 9.78. The number of hydrogen-bond donors (Lipinski definition) is 2. The van der Waals surface area contributed by atoms with E-state index in [0.29, 0.717) is 46.3 Å². The molecule has 0 radical (unpaired) electrons. The molecule has 2 amide bonds. The second-order valence-corrected chi connectivity index (χ2v) is 13.3. The topological polar surface area (TPSA) is 147 Å². The third-order valence-corrected chi connectivity index (χ3v) is 10.4. The van der Waals surface area contributed by atoms with Crippen LogP contribution in [0.3, 0.4) is 0 Å². The van der Waals surface area contributed by atoms with E-state index in [-0.39, 0.29) is 48.2 Å². The number of aromatic amines is 1. The van der Waals surface area contributed by atoms with Crippen molar-refractivity contribution < 1.29 is 28.8 Å².